The Labute approximate surface area is 150 Å². The van der Waals surface area contributed by atoms with Gasteiger partial charge in [-0.3, -0.25) is 4.99 Å². The largest absolute Gasteiger partial charge is 0.508 e. The number of rotatable bonds is 6. The molecule has 2 unspecified atom stereocenters. The van der Waals surface area contributed by atoms with Gasteiger partial charge in [-0.15, -0.1) is 0 Å². The van der Waals surface area contributed by atoms with E-state index in [0.717, 1.165) is 5.84 Å². The first-order chi connectivity index (χ1) is 12.2. The van der Waals surface area contributed by atoms with Crippen molar-refractivity contribution in [3.8, 4) is 0 Å². The second-order valence-corrected chi connectivity index (χ2v) is 6.86. The maximum atomic E-state index is 9.67. The summed E-state index contributed by atoms with van der Waals surface area (Å²) in [6, 6.07) is 0.576. The molecule has 0 saturated carbocycles. The van der Waals surface area contributed by atoms with E-state index in [1.807, 2.05) is 12.2 Å². The van der Waals surface area contributed by atoms with Crippen LogP contribution in [0.15, 0.2) is 76.6 Å². The number of aliphatic imine (C=N–C) groups is 1. The fourth-order valence-electron chi connectivity index (χ4n) is 3.61. The molecule has 0 fully saturated rings. The normalized spacial score (nSPS) is 24.4. The molecule has 3 nitrogen and oxygen atoms in total. The Morgan fingerprint density at radius 3 is 2.60 bits per heavy atom. The Balaban J connectivity index is 1.74. The van der Waals surface area contributed by atoms with E-state index in [4.69, 9.17) is 4.99 Å². The molecule has 2 aliphatic carbocycles. The molecule has 1 aliphatic heterocycles. The molecular weight excluding hydrogens is 308 g/mol. The molecule has 3 heteroatoms. The highest BCUT2D eigenvalue weighted by molar-refractivity contribution is 5.95. The quantitative estimate of drug-likeness (QED) is 0.722. The highest BCUT2D eigenvalue weighted by atomic mass is 16.3. The molecule has 0 aromatic rings. The van der Waals surface area contributed by atoms with Crippen LogP contribution in [0.1, 0.15) is 39.5 Å². The van der Waals surface area contributed by atoms with Crippen molar-refractivity contribution < 1.29 is 5.11 Å². The van der Waals surface area contributed by atoms with Crippen LogP contribution in [0.2, 0.25) is 0 Å². The van der Waals surface area contributed by atoms with Crippen LogP contribution < -0.4 is 5.32 Å². The number of nitrogens with zero attached hydrogens (tertiary/aromatic N) is 1. The summed E-state index contributed by atoms with van der Waals surface area (Å²) < 4.78 is 0. The van der Waals surface area contributed by atoms with Gasteiger partial charge >= 0.3 is 0 Å². The Morgan fingerprint density at radius 1 is 1.04 bits per heavy atom. The first-order valence-corrected chi connectivity index (χ1v) is 9.41. The minimum absolute atomic E-state index is 0.0796. The van der Waals surface area contributed by atoms with Crippen molar-refractivity contribution in [1.29, 1.82) is 0 Å². The molecule has 2 N–H and O–H groups in total. The molecular formula is C22H28N2O. The molecule has 3 aliphatic rings. The van der Waals surface area contributed by atoms with Crippen LogP contribution in [0, 0.1) is 5.92 Å². The topological polar surface area (TPSA) is 44.6 Å². The zero-order valence-corrected chi connectivity index (χ0v) is 15.2. The Kier molecular flexibility index (Phi) is 5.75. The monoisotopic (exact) mass is 336 g/mol. The maximum absolute atomic E-state index is 9.67. The molecule has 132 valence electrons. The molecule has 0 bridgehead atoms. The van der Waals surface area contributed by atoms with Crippen molar-refractivity contribution in [2.75, 3.05) is 0 Å². The van der Waals surface area contributed by atoms with Crippen molar-refractivity contribution in [2.45, 2.75) is 51.6 Å². The van der Waals surface area contributed by atoms with E-state index >= 15 is 0 Å². The van der Waals surface area contributed by atoms with E-state index in [2.05, 4.69) is 49.5 Å². The van der Waals surface area contributed by atoms with Crippen molar-refractivity contribution in [3.63, 3.8) is 0 Å². The van der Waals surface area contributed by atoms with Gasteiger partial charge in [-0.1, -0.05) is 63.1 Å². The third-order valence-corrected chi connectivity index (χ3v) is 4.87. The van der Waals surface area contributed by atoms with Crippen LogP contribution in [0.5, 0.6) is 0 Å². The van der Waals surface area contributed by atoms with Crippen LogP contribution in [0.25, 0.3) is 0 Å². The van der Waals surface area contributed by atoms with Gasteiger partial charge in [-0.2, -0.15) is 0 Å². The lowest BCUT2D eigenvalue weighted by Crippen LogP contribution is -2.36. The van der Waals surface area contributed by atoms with Crippen molar-refractivity contribution in [2.24, 2.45) is 10.9 Å². The van der Waals surface area contributed by atoms with Gasteiger partial charge in [-0.25, -0.2) is 0 Å². The highest BCUT2D eigenvalue weighted by Gasteiger charge is 2.28. The molecule has 2 atom stereocenters. The molecule has 1 heterocycles. The number of hydrogen-bond acceptors (Lipinski definition) is 3. The second kappa shape index (κ2) is 8.19. The van der Waals surface area contributed by atoms with E-state index in [9.17, 15) is 5.11 Å². The molecule has 0 amide bonds. The number of hydrogen-bond donors (Lipinski definition) is 2. The van der Waals surface area contributed by atoms with Gasteiger partial charge in [0.1, 0.15) is 11.6 Å². The molecule has 0 spiro atoms. The number of aliphatic hydroxyl groups is 1. The molecule has 0 aromatic carbocycles. The van der Waals surface area contributed by atoms with E-state index in [-0.39, 0.29) is 12.0 Å². The van der Waals surface area contributed by atoms with Gasteiger partial charge in [0.15, 0.2) is 0 Å². The lowest BCUT2D eigenvalue weighted by molar-refractivity contribution is 0.432. The zero-order chi connectivity index (χ0) is 17.6. The number of allylic oxidation sites excluding steroid dienone is 7. The van der Waals surface area contributed by atoms with Gasteiger partial charge in [0.25, 0.3) is 0 Å². The number of amidine groups is 1. The summed E-state index contributed by atoms with van der Waals surface area (Å²) in [4.78, 5) is 4.99. The van der Waals surface area contributed by atoms with E-state index < -0.39 is 0 Å². The molecule has 3 rings (SSSR count). The maximum Gasteiger partial charge on any atom is 0.122 e. The van der Waals surface area contributed by atoms with Crippen molar-refractivity contribution in [3.05, 3.63) is 71.6 Å². The Bertz CT molecular complexity index is 698. The fourth-order valence-corrected chi connectivity index (χ4v) is 3.61. The number of aliphatic hydroxyl groups excluding tert-OH is 1. The SMILES string of the molecule is CCCC(CCC)NC1=NC2C(=CC=C2C2C=CC=C(O)C=C2)C=C1. The number of dihydropyridines is 1. The summed E-state index contributed by atoms with van der Waals surface area (Å²) in [6.45, 7) is 4.46. The predicted octanol–water partition coefficient (Wildman–Crippen LogP) is 4.93. The minimum atomic E-state index is 0.0796. The van der Waals surface area contributed by atoms with Gasteiger partial charge in [0.2, 0.25) is 0 Å². The number of fused-ring (bicyclic) bond motifs is 1. The van der Waals surface area contributed by atoms with Gasteiger partial charge in [-0.05, 0) is 42.2 Å². The van der Waals surface area contributed by atoms with Gasteiger partial charge < -0.3 is 10.4 Å². The van der Waals surface area contributed by atoms with E-state index in [1.165, 1.54) is 36.8 Å². The minimum Gasteiger partial charge on any atom is -0.508 e. The summed E-state index contributed by atoms with van der Waals surface area (Å²) in [5, 5.41) is 13.3. The van der Waals surface area contributed by atoms with Crippen molar-refractivity contribution >= 4 is 5.84 Å². The lowest BCUT2D eigenvalue weighted by atomic mass is 9.91. The summed E-state index contributed by atoms with van der Waals surface area (Å²) >= 11 is 0. The van der Waals surface area contributed by atoms with Crippen LogP contribution in [-0.2, 0) is 0 Å². The Hall–Kier alpha value is -2.29. The molecule has 0 radical (unpaired) electrons. The molecule has 0 aromatic heterocycles. The third kappa shape index (κ3) is 4.22. The first kappa shape index (κ1) is 17.5. The predicted molar refractivity (Wildman–Crippen MR) is 106 cm³/mol. The highest BCUT2D eigenvalue weighted by Crippen LogP contribution is 2.33. The van der Waals surface area contributed by atoms with Crippen molar-refractivity contribution in [1.82, 2.24) is 5.32 Å². The van der Waals surface area contributed by atoms with E-state index in [1.54, 1.807) is 12.2 Å². The summed E-state index contributed by atoms with van der Waals surface area (Å²) in [5.74, 6) is 1.45. The number of nitrogens with one attached hydrogen (secondary N) is 1. The second-order valence-electron chi connectivity index (χ2n) is 6.86. The summed E-state index contributed by atoms with van der Waals surface area (Å²) in [6.07, 6.45) is 22.9. The van der Waals surface area contributed by atoms with Gasteiger partial charge in [0, 0.05) is 12.0 Å². The van der Waals surface area contributed by atoms with Crippen LogP contribution in [0.4, 0.5) is 0 Å². The average Bonchev–Trinajstić information content (AvgIpc) is 2.89. The summed E-state index contributed by atoms with van der Waals surface area (Å²) in [7, 11) is 0. The molecule has 0 saturated heterocycles. The molecule has 25 heavy (non-hydrogen) atoms. The van der Waals surface area contributed by atoms with E-state index in [0.29, 0.717) is 11.8 Å². The van der Waals surface area contributed by atoms with Crippen LogP contribution >= 0.6 is 0 Å². The third-order valence-electron chi connectivity index (χ3n) is 4.87. The van der Waals surface area contributed by atoms with Crippen LogP contribution in [0.3, 0.4) is 0 Å². The zero-order valence-electron chi connectivity index (χ0n) is 15.2. The fraction of sp³-hybridized carbons (Fsp3) is 0.409. The van der Waals surface area contributed by atoms with Crippen LogP contribution in [-0.4, -0.2) is 23.0 Å². The smallest absolute Gasteiger partial charge is 0.122 e. The average molecular weight is 336 g/mol. The summed E-state index contributed by atoms with van der Waals surface area (Å²) in [5.41, 5.74) is 2.50. The lowest BCUT2D eigenvalue weighted by Gasteiger charge is -2.25. The van der Waals surface area contributed by atoms with Gasteiger partial charge in [0.05, 0.1) is 6.04 Å². The Morgan fingerprint density at radius 2 is 1.84 bits per heavy atom. The first-order valence-electron chi connectivity index (χ1n) is 9.41. The standard InChI is InChI=1S/C22H28N2O/c1-3-6-18(7-4-2)23-21-15-12-17-11-14-20(22(17)24-21)16-8-5-9-19(25)13-10-16/h5,8-16,18,22,25H,3-4,6-7H2,1-2H3,(H,23,24).